The Labute approximate surface area is 117 Å². The van der Waals surface area contributed by atoms with Gasteiger partial charge < -0.3 is 0 Å². The van der Waals surface area contributed by atoms with Gasteiger partial charge in [0.15, 0.2) is 0 Å². The van der Waals surface area contributed by atoms with Crippen LogP contribution < -0.4 is 11.3 Å². The van der Waals surface area contributed by atoms with E-state index in [1.807, 2.05) is 24.3 Å². The second-order valence-corrected chi connectivity index (χ2v) is 5.67. The number of hydrazine groups is 1. The largest absolute Gasteiger partial charge is 0.271 e. The number of hydrogen-bond donors (Lipinski definition) is 2. The number of nitrogens with two attached hydrogens (primary N) is 1. The molecule has 0 saturated heterocycles. The first-order chi connectivity index (χ1) is 9.02. The zero-order valence-corrected chi connectivity index (χ0v) is 11.5. The summed E-state index contributed by atoms with van der Waals surface area (Å²) >= 11 is 6.12. The zero-order valence-electron chi connectivity index (χ0n) is 10.7. The number of hydrogen-bond acceptors (Lipinski definition) is 2. The highest BCUT2D eigenvalue weighted by Crippen LogP contribution is 2.38. The summed E-state index contributed by atoms with van der Waals surface area (Å²) in [5.74, 6) is 3.27. The van der Waals surface area contributed by atoms with Gasteiger partial charge in [0, 0.05) is 23.9 Å². The van der Waals surface area contributed by atoms with E-state index in [1.54, 1.807) is 0 Å². The number of alkyl halides is 2. The lowest BCUT2D eigenvalue weighted by atomic mass is 9.80. The predicted octanol–water partition coefficient (Wildman–Crippen LogP) is 3.54. The SMILES string of the molecule is NNC(Cc1ccccc1Cl)C1CCC(F)(F)CC1. The highest BCUT2D eigenvalue weighted by atomic mass is 35.5. The van der Waals surface area contributed by atoms with Crippen LogP contribution in [0.4, 0.5) is 8.78 Å². The average Bonchev–Trinajstić information content (AvgIpc) is 2.38. The Bertz CT molecular complexity index is 416. The Balaban J connectivity index is 1.99. The molecule has 0 amide bonds. The van der Waals surface area contributed by atoms with Crippen molar-refractivity contribution in [2.24, 2.45) is 11.8 Å². The first-order valence-electron chi connectivity index (χ1n) is 6.59. The van der Waals surface area contributed by atoms with Gasteiger partial charge in [-0.25, -0.2) is 8.78 Å². The van der Waals surface area contributed by atoms with Crippen LogP contribution in [0, 0.1) is 5.92 Å². The maximum Gasteiger partial charge on any atom is 0.248 e. The number of benzene rings is 1. The summed E-state index contributed by atoms with van der Waals surface area (Å²) in [6.45, 7) is 0. The highest BCUT2D eigenvalue weighted by Gasteiger charge is 2.37. The molecule has 1 unspecified atom stereocenters. The van der Waals surface area contributed by atoms with Gasteiger partial charge in [0.2, 0.25) is 5.92 Å². The Morgan fingerprint density at radius 1 is 1.32 bits per heavy atom. The molecule has 0 aliphatic heterocycles. The van der Waals surface area contributed by atoms with E-state index < -0.39 is 5.92 Å². The van der Waals surface area contributed by atoms with E-state index in [4.69, 9.17) is 17.4 Å². The molecule has 2 nitrogen and oxygen atoms in total. The lowest BCUT2D eigenvalue weighted by Gasteiger charge is -2.33. The molecule has 1 aromatic rings. The molecular weight excluding hydrogens is 270 g/mol. The fourth-order valence-corrected chi connectivity index (χ4v) is 2.94. The summed E-state index contributed by atoms with van der Waals surface area (Å²) in [7, 11) is 0. The monoisotopic (exact) mass is 288 g/mol. The minimum atomic E-state index is -2.50. The van der Waals surface area contributed by atoms with Crippen molar-refractivity contribution in [1.29, 1.82) is 0 Å². The molecule has 0 radical (unpaired) electrons. The van der Waals surface area contributed by atoms with E-state index in [2.05, 4.69) is 5.43 Å². The molecule has 0 spiro atoms. The average molecular weight is 289 g/mol. The van der Waals surface area contributed by atoms with Gasteiger partial charge in [-0.3, -0.25) is 11.3 Å². The van der Waals surface area contributed by atoms with Crippen molar-refractivity contribution in [3.63, 3.8) is 0 Å². The second-order valence-electron chi connectivity index (χ2n) is 5.26. The Morgan fingerprint density at radius 3 is 2.53 bits per heavy atom. The van der Waals surface area contributed by atoms with Crippen LogP contribution in [0.2, 0.25) is 5.02 Å². The number of rotatable bonds is 4. The molecule has 0 heterocycles. The molecule has 19 heavy (non-hydrogen) atoms. The summed E-state index contributed by atoms with van der Waals surface area (Å²) in [4.78, 5) is 0. The van der Waals surface area contributed by atoms with Crippen molar-refractivity contribution >= 4 is 11.6 Å². The van der Waals surface area contributed by atoms with Gasteiger partial charge in [-0.1, -0.05) is 29.8 Å². The molecule has 1 aliphatic rings. The summed E-state index contributed by atoms with van der Waals surface area (Å²) in [5.41, 5.74) is 3.78. The molecule has 1 saturated carbocycles. The van der Waals surface area contributed by atoms with Gasteiger partial charge >= 0.3 is 0 Å². The van der Waals surface area contributed by atoms with Crippen molar-refractivity contribution < 1.29 is 8.78 Å². The second kappa shape index (κ2) is 6.16. The molecule has 1 aliphatic carbocycles. The van der Waals surface area contributed by atoms with E-state index in [-0.39, 0.29) is 24.8 Å². The Hall–Kier alpha value is -0.710. The van der Waals surface area contributed by atoms with Gasteiger partial charge in [0.25, 0.3) is 0 Å². The Morgan fingerprint density at radius 2 is 1.95 bits per heavy atom. The molecular formula is C14H19ClF2N2. The van der Waals surface area contributed by atoms with Crippen molar-refractivity contribution in [3.05, 3.63) is 34.9 Å². The third-order valence-electron chi connectivity index (χ3n) is 3.94. The smallest absolute Gasteiger partial charge is 0.248 e. The minimum Gasteiger partial charge on any atom is -0.271 e. The normalized spacial score (nSPS) is 21.3. The van der Waals surface area contributed by atoms with Crippen LogP contribution in [-0.4, -0.2) is 12.0 Å². The quantitative estimate of drug-likeness (QED) is 0.657. The van der Waals surface area contributed by atoms with Crippen LogP contribution in [0.5, 0.6) is 0 Å². The Kier molecular flexibility index (Phi) is 4.76. The van der Waals surface area contributed by atoms with Crippen LogP contribution in [0.25, 0.3) is 0 Å². The molecule has 1 aromatic carbocycles. The topological polar surface area (TPSA) is 38.0 Å². The summed E-state index contributed by atoms with van der Waals surface area (Å²) in [6, 6.07) is 7.57. The zero-order chi connectivity index (χ0) is 13.9. The molecule has 0 bridgehead atoms. The summed E-state index contributed by atoms with van der Waals surface area (Å²) in [5, 5.41) is 0.698. The van der Waals surface area contributed by atoms with Crippen molar-refractivity contribution in [2.75, 3.05) is 0 Å². The standard InChI is InChI=1S/C14H19ClF2N2/c15-12-4-2-1-3-11(12)9-13(19-18)10-5-7-14(16,17)8-6-10/h1-4,10,13,19H,5-9,18H2. The molecule has 1 atom stereocenters. The van der Waals surface area contributed by atoms with Gasteiger partial charge in [-0.2, -0.15) is 0 Å². The molecule has 0 aromatic heterocycles. The van der Waals surface area contributed by atoms with Crippen molar-refractivity contribution in [2.45, 2.75) is 44.1 Å². The number of halogens is 3. The fraction of sp³-hybridized carbons (Fsp3) is 0.571. The molecule has 106 valence electrons. The third kappa shape index (κ3) is 3.88. The molecule has 2 rings (SSSR count). The van der Waals surface area contributed by atoms with Gasteiger partial charge in [0.05, 0.1) is 0 Å². The first-order valence-corrected chi connectivity index (χ1v) is 6.97. The van der Waals surface area contributed by atoms with Gasteiger partial charge in [-0.05, 0) is 36.8 Å². The fourth-order valence-electron chi connectivity index (χ4n) is 2.73. The first kappa shape index (κ1) is 14.7. The lowest BCUT2D eigenvalue weighted by Crippen LogP contribution is -2.44. The van der Waals surface area contributed by atoms with Gasteiger partial charge in [-0.15, -0.1) is 0 Å². The van der Waals surface area contributed by atoms with Gasteiger partial charge in [0.1, 0.15) is 0 Å². The maximum atomic E-state index is 13.2. The molecule has 1 fully saturated rings. The van der Waals surface area contributed by atoms with Crippen LogP contribution in [0.3, 0.4) is 0 Å². The third-order valence-corrected chi connectivity index (χ3v) is 4.31. The minimum absolute atomic E-state index is 0.00370. The van der Waals surface area contributed by atoms with E-state index in [1.165, 1.54) is 0 Å². The summed E-state index contributed by atoms with van der Waals surface area (Å²) in [6.07, 6.45) is 1.60. The highest BCUT2D eigenvalue weighted by molar-refractivity contribution is 6.31. The van der Waals surface area contributed by atoms with E-state index in [0.717, 1.165) is 5.56 Å². The van der Waals surface area contributed by atoms with Crippen LogP contribution in [-0.2, 0) is 6.42 Å². The summed E-state index contributed by atoms with van der Waals surface area (Å²) < 4.78 is 26.3. The molecule has 5 heteroatoms. The van der Waals surface area contributed by atoms with Crippen molar-refractivity contribution in [3.8, 4) is 0 Å². The van der Waals surface area contributed by atoms with Crippen molar-refractivity contribution in [1.82, 2.24) is 5.43 Å². The predicted molar refractivity (Wildman–Crippen MR) is 73.2 cm³/mol. The molecule has 3 N–H and O–H groups in total. The lowest BCUT2D eigenvalue weighted by molar-refractivity contribution is -0.0495. The van der Waals surface area contributed by atoms with Crippen LogP contribution in [0.1, 0.15) is 31.2 Å². The van der Waals surface area contributed by atoms with E-state index in [9.17, 15) is 8.78 Å². The number of nitrogens with one attached hydrogen (secondary N) is 1. The van der Waals surface area contributed by atoms with E-state index >= 15 is 0 Å². The maximum absolute atomic E-state index is 13.2. The van der Waals surface area contributed by atoms with E-state index in [0.29, 0.717) is 24.3 Å². The van der Waals surface area contributed by atoms with Crippen LogP contribution >= 0.6 is 11.6 Å². The van der Waals surface area contributed by atoms with Crippen LogP contribution in [0.15, 0.2) is 24.3 Å².